The zero-order chi connectivity index (χ0) is 16.8. The molecule has 0 spiro atoms. The van der Waals surface area contributed by atoms with Crippen molar-refractivity contribution in [1.82, 2.24) is 9.88 Å². The molecule has 7 heteroatoms. The predicted octanol–water partition coefficient (Wildman–Crippen LogP) is 3.08. The Bertz CT molecular complexity index is 1010. The van der Waals surface area contributed by atoms with E-state index in [4.69, 9.17) is 4.52 Å². The molecule has 1 saturated carbocycles. The fraction of sp³-hybridized carbons (Fsp3) is 0.235. The van der Waals surface area contributed by atoms with Crippen molar-refractivity contribution in [2.45, 2.75) is 24.1 Å². The number of hydrogen-bond acceptors (Lipinski definition) is 4. The lowest BCUT2D eigenvalue weighted by Crippen LogP contribution is -2.36. The number of fused-ring (bicyclic) bond motifs is 1. The van der Waals surface area contributed by atoms with Gasteiger partial charge in [-0.2, -0.15) is 0 Å². The van der Waals surface area contributed by atoms with Crippen molar-refractivity contribution in [2.75, 3.05) is 0 Å². The number of nitrogens with one attached hydrogen (secondary N) is 1. The normalized spacial score (nSPS) is 16.4. The molecular weight excluding hydrogens is 331 g/mol. The molecule has 4 rings (SSSR count). The Balaban J connectivity index is 1.61. The van der Waals surface area contributed by atoms with Gasteiger partial charge in [0.05, 0.1) is 5.54 Å². The number of aromatic nitrogens is 1. The first-order chi connectivity index (χ1) is 11.5. The van der Waals surface area contributed by atoms with E-state index in [1.165, 1.54) is 6.07 Å². The summed E-state index contributed by atoms with van der Waals surface area (Å²) >= 11 is 0. The second-order valence-electron chi connectivity index (χ2n) is 6.05. The van der Waals surface area contributed by atoms with E-state index < -0.39 is 21.4 Å². The first kappa shape index (κ1) is 15.3. The molecule has 1 aromatic heterocycles. The summed E-state index contributed by atoms with van der Waals surface area (Å²) in [5.74, 6) is -0.704. The highest BCUT2D eigenvalue weighted by Crippen LogP contribution is 2.47. The van der Waals surface area contributed by atoms with Crippen LogP contribution >= 0.6 is 0 Å². The summed E-state index contributed by atoms with van der Waals surface area (Å²) in [5, 5.41) is 4.52. The topological polar surface area (TPSA) is 72.2 Å². The van der Waals surface area contributed by atoms with Crippen molar-refractivity contribution < 1.29 is 17.3 Å². The second kappa shape index (κ2) is 5.39. The standard InChI is InChI=1S/C17H15FN2O3S/c18-14-7-3-2-6-13(14)17(9-10-17)20-24(21,22)11-15-12-5-1-4-8-16(12)23-19-15/h1-8,20H,9-11H2. The molecule has 1 heterocycles. The van der Waals surface area contributed by atoms with Crippen LogP contribution < -0.4 is 4.72 Å². The van der Waals surface area contributed by atoms with Crippen molar-refractivity contribution in [2.24, 2.45) is 0 Å². The second-order valence-corrected chi connectivity index (χ2v) is 7.77. The van der Waals surface area contributed by atoms with E-state index in [1.807, 2.05) is 0 Å². The number of rotatable bonds is 5. The van der Waals surface area contributed by atoms with E-state index in [9.17, 15) is 12.8 Å². The summed E-state index contributed by atoms with van der Waals surface area (Å²) < 4.78 is 47.0. The summed E-state index contributed by atoms with van der Waals surface area (Å²) in [6.07, 6.45) is 1.15. The zero-order valence-electron chi connectivity index (χ0n) is 12.7. The molecule has 24 heavy (non-hydrogen) atoms. The Labute approximate surface area is 138 Å². The molecule has 0 saturated heterocycles. The van der Waals surface area contributed by atoms with Gasteiger partial charge in [-0.25, -0.2) is 17.5 Å². The maximum absolute atomic E-state index is 14.0. The Kier molecular flexibility index (Phi) is 3.43. The van der Waals surface area contributed by atoms with Crippen LogP contribution in [-0.4, -0.2) is 13.6 Å². The Morgan fingerprint density at radius 2 is 1.83 bits per heavy atom. The molecule has 0 aliphatic heterocycles. The maximum Gasteiger partial charge on any atom is 0.218 e. The first-order valence-corrected chi connectivity index (χ1v) is 9.24. The molecule has 3 aromatic rings. The van der Waals surface area contributed by atoms with Gasteiger partial charge in [0.15, 0.2) is 5.58 Å². The monoisotopic (exact) mass is 346 g/mol. The van der Waals surface area contributed by atoms with Gasteiger partial charge in [-0.1, -0.05) is 35.5 Å². The van der Waals surface area contributed by atoms with Crippen LogP contribution in [0.15, 0.2) is 53.1 Å². The smallest absolute Gasteiger partial charge is 0.218 e. The van der Waals surface area contributed by atoms with Crippen LogP contribution in [0.1, 0.15) is 24.1 Å². The van der Waals surface area contributed by atoms with Crippen LogP contribution in [0.4, 0.5) is 4.39 Å². The van der Waals surface area contributed by atoms with Gasteiger partial charge in [-0.3, -0.25) is 0 Å². The van der Waals surface area contributed by atoms with E-state index in [0.29, 0.717) is 35.1 Å². The molecule has 0 radical (unpaired) electrons. The highest BCUT2D eigenvalue weighted by atomic mass is 32.2. The van der Waals surface area contributed by atoms with Crippen LogP contribution in [0, 0.1) is 5.82 Å². The number of sulfonamides is 1. The molecular formula is C17H15FN2O3S. The first-order valence-electron chi connectivity index (χ1n) is 7.59. The minimum absolute atomic E-state index is 0.305. The molecule has 0 amide bonds. The van der Waals surface area contributed by atoms with Crippen molar-refractivity contribution in [3.63, 3.8) is 0 Å². The van der Waals surface area contributed by atoms with Crippen LogP contribution in [-0.2, 0) is 21.3 Å². The highest BCUT2D eigenvalue weighted by molar-refractivity contribution is 7.88. The van der Waals surface area contributed by atoms with E-state index in [1.54, 1.807) is 42.5 Å². The third-order valence-electron chi connectivity index (χ3n) is 4.27. The minimum Gasteiger partial charge on any atom is -0.356 e. The molecule has 124 valence electrons. The molecule has 0 bridgehead atoms. The Morgan fingerprint density at radius 1 is 1.12 bits per heavy atom. The van der Waals surface area contributed by atoms with Gasteiger partial charge in [-0.05, 0) is 31.0 Å². The SMILES string of the molecule is O=S(=O)(Cc1noc2ccccc12)NC1(c2ccccc2F)CC1. The summed E-state index contributed by atoms with van der Waals surface area (Å²) in [6.45, 7) is 0. The average Bonchev–Trinajstić information content (AvgIpc) is 3.20. The molecule has 1 aliphatic rings. The van der Waals surface area contributed by atoms with Gasteiger partial charge >= 0.3 is 0 Å². The molecule has 5 nitrogen and oxygen atoms in total. The van der Waals surface area contributed by atoms with Crippen LogP contribution in [0.5, 0.6) is 0 Å². The van der Waals surface area contributed by atoms with Crippen LogP contribution in [0.25, 0.3) is 11.0 Å². The number of nitrogens with zero attached hydrogens (tertiary/aromatic N) is 1. The number of para-hydroxylation sites is 1. The van der Waals surface area contributed by atoms with Gasteiger partial charge in [-0.15, -0.1) is 0 Å². The van der Waals surface area contributed by atoms with Crippen LogP contribution in [0.3, 0.4) is 0 Å². The van der Waals surface area contributed by atoms with Gasteiger partial charge in [0, 0.05) is 10.9 Å². The van der Waals surface area contributed by atoms with E-state index in [-0.39, 0.29) is 5.75 Å². The molecule has 1 aliphatic carbocycles. The summed E-state index contributed by atoms with van der Waals surface area (Å²) in [5.41, 5.74) is 0.433. The van der Waals surface area contributed by atoms with Crippen molar-refractivity contribution in [3.05, 3.63) is 65.6 Å². The van der Waals surface area contributed by atoms with Crippen molar-refractivity contribution in [3.8, 4) is 0 Å². The lowest BCUT2D eigenvalue weighted by molar-refractivity contribution is 0.448. The molecule has 2 aromatic carbocycles. The van der Waals surface area contributed by atoms with Gasteiger partial charge < -0.3 is 4.52 Å². The summed E-state index contributed by atoms with van der Waals surface area (Å²) in [4.78, 5) is 0. The molecule has 0 unspecified atom stereocenters. The van der Waals surface area contributed by atoms with Gasteiger partial charge in [0.2, 0.25) is 10.0 Å². The third kappa shape index (κ3) is 2.70. The van der Waals surface area contributed by atoms with Crippen molar-refractivity contribution in [1.29, 1.82) is 0 Å². The number of benzene rings is 2. The lowest BCUT2D eigenvalue weighted by atomic mass is 10.1. The fourth-order valence-corrected chi connectivity index (χ4v) is 4.51. The Morgan fingerprint density at radius 3 is 2.58 bits per heavy atom. The van der Waals surface area contributed by atoms with E-state index >= 15 is 0 Å². The third-order valence-corrected chi connectivity index (χ3v) is 5.62. The maximum atomic E-state index is 14.0. The Hall–Kier alpha value is -2.25. The molecule has 1 fully saturated rings. The van der Waals surface area contributed by atoms with Crippen LogP contribution in [0.2, 0.25) is 0 Å². The number of hydrogen-bond donors (Lipinski definition) is 1. The summed E-state index contributed by atoms with van der Waals surface area (Å²) in [7, 11) is -3.70. The van der Waals surface area contributed by atoms with Crippen molar-refractivity contribution >= 4 is 21.0 Å². The fourth-order valence-electron chi connectivity index (χ4n) is 2.96. The quantitative estimate of drug-likeness (QED) is 0.771. The highest BCUT2D eigenvalue weighted by Gasteiger charge is 2.48. The lowest BCUT2D eigenvalue weighted by Gasteiger charge is -2.18. The van der Waals surface area contributed by atoms with Gasteiger partial charge in [0.1, 0.15) is 17.3 Å². The largest absolute Gasteiger partial charge is 0.356 e. The molecule has 0 atom stereocenters. The minimum atomic E-state index is -3.70. The average molecular weight is 346 g/mol. The van der Waals surface area contributed by atoms with E-state index in [2.05, 4.69) is 9.88 Å². The summed E-state index contributed by atoms with van der Waals surface area (Å²) in [6, 6.07) is 13.3. The van der Waals surface area contributed by atoms with E-state index in [0.717, 1.165) is 0 Å². The number of halogens is 1. The zero-order valence-corrected chi connectivity index (χ0v) is 13.5. The molecule has 1 N–H and O–H groups in total. The predicted molar refractivity (Wildman–Crippen MR) is 87.1 cm³/mol. The van der Waals surface area contributed by atoms with Gasteiger partial charge in [0.25, 0.3) is 0 Å².